The monoisotopic (exact) mass is 226 g/mol. The third-order valence-electron chi connectivity index (χ3n) is 1.68. The predicted octanol–water partition coefficient (Wildman–Crippen LogP) is 3.41. The molecular formula is C10H14N2S2. The lowest BCUT2D eigenvalue weighted by molar-refractivity contribution is 1.06. The Labute approximate surface area is 92.7 Å². The molecule has 2 aromatic rings. The van der Waals surface area contributed by atoms with Crippen LogP contribution in [0.2, 0.25) is 0 Å². The summed E-state index contributed by atoms with van der Waals surface area (Å²) in [6.45, 7) is 4.24. The Morgan fingerprint density at radius 1 is 1.21 bits per heavy atom. The van der Waals surface area contributed by atoms with Crippen molar-refractivity contribution in [1.29, 1.82) is 0 Å². The van der Waals surface area contributed by atoms with E-state index in [-0.39, 0.29) is 0 Å². The molecule has 2 nitrogen and oxygen atoms in total. The molecular weight excluding hydrogens is 212 g/mol. The second-order valence-electron chi connectivity index (χ2n) is 2.65. The van der Waals surface area contributed by atoms with Crippen molar-refractivity contribution >= 4 is 22.7 Å². The van der Waals surface area contributed by atoms with Crippen LogP contribution in [0.5, 0.6) is 0 Å². The molecule has 2 heterocycles. The number of aryl methyl sites for hydroxylation is 2. The zero-order chi connectivity index (χ0) is 10.2. The van der Waals surface area contributed by atoms with Gasteiger partial charge in [-0.2, -0.15) is 0 Å². The van der Waals surface area contributed by atoms with Crippen molar-refractivity contribution in [2.24, 2.45) is 0 Å². The minimum atomic E-state index is 1.06. The number of hydrogen-bond donors (Lipinski definition) is 0. The first kappa shape index (κ1) is 11.3. The van der Waals surface area contributed by atoms with Crippen LogP contribution in [0, 0.1) is 0 Å². The molecule has 2 aromatic heterocycles. The molecule has 0 radical (unpaired) electrons. The lowest BCUT2D eigenvalue weighted by Gasteiger charge is -1.77. The molecule has 0 bridgehead atoms. The van der Waals surface area contributed by atoms with E-state index in [9.17, 15) is 0 Å². The molecule has 0 aliphatic rings. The quantitative estimate of drug-likeness (QED) is 0.784. The van der Waals surface area contributed by atoms with Crippen molar-refractivity contribution < 1.29 is 0 Å². The van der Waals surface area contributed by atoms with Gasteiger partial charge in [-0.15, -0.1) is 22.7 Å². The van der Waals surface area contributed by atoms with Crippen LogP contribution < -0.4 is 0 Å². The van der Waals surface area contributed by atoms with Crippen molar-refractivity contribution in [2.45, 2.75) is 26.7 Å². The molecule has 0 aromatic carbocycles. The average Bonchev–Trinajstić information content (AvgIpc) is 2.92. The predicted molar refractivity (Wildman–Crippen MR) is 63.0 cm³/mol. The number of hydrogen-bond acceptors (Lipinski definition) is 4. The molecule has 4 heteroatoms. The van der Waals surface area contributed by atoms with Crippen molar-refractivity contribution in [3.8, 4) is 0 Å². The SMILES string of the molecule is CCc1cncs1.CCc1cscn1. The second-order valence-corrected chi connectivity index (χ2v) is 4.34. The summed E-state index contributed by atoms with van der Waals surface area (Å²) in [5, 5.41) is 2.07. The molecule has 2 rings (SSSR count). The van der Waals surface area contributed by atoms with Crippen LogP contribution in [0.15, 0.2) is 22.6 Å². The van der Waals surface area contributed by atoms with Gasteiger partial charge in [-0.05, 0) is 12.8 Å². The Kier molecular flexibility index (Phi) is 5.40. The molecule has 0 saturated carbocycles. The fraction of sp³-hybridized carbons (Fsp3) is 0.400. The standard InChI is InChI=1S/2C5H7NS/c1-2-5-3-7-4-6-5;1-2-5-3-6-4-7-5/h2*3-4H,2H2,1H3. The minimum absolute atomic E-state index is 1.06. The first-order valence-corrected chi connectivity index (χ1v) is 6.43. The van der Waals surface area contributed by atoms with Crippen LogP contribution in [0.1, 0.15) is 24.4 Å². The Hall–Kier alpha value is -0.740. The van der Waals surface area contributed by atoms with Gasteiger partial charge >= 0.3 is 0 Å². The van der Waals surface area contributed by atoms with Crippen molar-refractivity contribution in [3.63, 3.8) is 0 Å². The van der Waals surface area contributed by atoms with Gasteiger partial charge in [0, 0.05) is 16.5 Å². The van der Waals surface area contributed by atoms with Crippen LogP contribution in [-0.2, 0) is 12.8 Å². The molecule has 0 N–H and O–H groups in total. The molecule has 0 atom stereocenters. The molecule has 0 saturated heterocycles. The molecule has 0 fully saturated rings. The Balaban J connectivity index is 0.000000140. The Morgan fingerprint density at radius 2 is 2.07 bits per heavy atom. The fourth-order valence-corrected chi connectivity index (χ4v) is 2.02. The summed E-state index contributed by atoms with van der Waals surface area (Å²) < 4.78 is 0. The highest BCUT2D eigenvalue weighted by Gasteiger charge is 1.84. The van der Waals surface area contributed by atoms with Gasteiger partial charge in [-0.1, -0.05) is 13.8 Å². The summed E-state index contributed by atoms with van der Waals surface area (Å²) in [6, 6.07) is 0. The van der Waals surface area contributed by atoms with Crippen LogP contribution in [0.3, 0.4) is 0 Å². The largest absolute Gasteiger partial charge is 0.253 e. The maximum absolute atomic E-state index is 4.05. The number of rotatable bonds is 2. The van der Waals surface area contributed by atoms with Gasteiger partial charge in [0.15, 0.2) is 0 Å². The third-order valence-corrected chi connectivity index (χ3v) is 3.24. The number of nitrogens with zero attached hydrogens (tertiary/aromatic N) is 2. The highest BCUT2D eigenvalue weighted by molar-refractivity contribution is 7.09. The smallest absolute Gasteiger partial charge is 0.0794 e. The van der Waals surface area contributed by atoms with Crippen molar-refractivity contribution in [1.82, 2.24) is 9.97 Å². The highest BCUT2D eigenvalue weighted by Crippen LogP contribution is 2.04. The normalized spacial score (nSPS) is 9.29. The summed E-state index contributed by atoms with van der Waals surface area (Å²) in [5.41, 5.74) is 4.92. The zero-order valence-electron chi connectivity index (χ0n) is 8.43. The van der Waals surface area contributed by atoms with E-state index in [0.29, 0.717) is 0 Å². The number of thiazole rings is 2. The minimum Gasteiger partial charge on any atom is -0.253 e. The molecule has 0 spiro atoms. The summed E-state index contributed by atoms with van der Waals surface area (Å²) in [7, 11) is 0. The van der Waals surface area contributed by atoms with Crippen LogP contribution in [0.25, 0.3) is 0 Å². The van der Waals surface area contributed by atoms with E-state index in [1.54, 1.807) is 22.7 Å². The van der Waals surface area contributed by atoms with E-state index in [2.05, 4.69) is 29.2 Å². The van der Waals surface area contributed by atoms with E-state index in [1.807, 2.05) is 17.2 Å². The van der Waals surface area contributed by atoms with E-state index in [1.165, 1.54) is 10.6 Å². The van der Waals surface area contributed by atoms with E-state index in [4.69, 9.17) is 0 Å². The van der Waals surface area contributed by atoms with Crippen molar-refractivity contribution in [3.05, 3.63) is 33.2 Å². The molecule has 0 aliphatic carbocycles. The van der Waals surface area contributed by atoms with E-state index < -0.39 is 0 Å². The molecule has 0 amide bonds. The molecule has 0 aliphatic heterocycles. The van der Waals surface area contributed by atoms with E-state index >= 15 is 0 Å². The van der Waals surface area contributed by atoms with Gasteiger partial charge in [0.05, 0.1) is 16.7 Å². The maximum atomic E-state index is 4.05. The lowest BCUT2D eigenvalue weighted by Crippen LogP contribution is -1.73. The Bertz CT molecular complexity index is 280. The summed E-state index contributed by atoms with van der Waals surface area (Å²) in [5.74, 6) is 0. The first-order valence-electron chi connectivity index (χ1n) is 4.61. The zero-order valence-corrected chi connectivity index (χ0v) is 10.1. The van der Waals surface area contributed by atoms with Crippen LogP contribution in [-0.4, -0.2) is 9.97 Å². The molecule has 14 heavy (non-hydrogen) atoms. The number of aromatic nitrogens is 2. The first-order chi connectivity index (χ1) is 6.86. The average molecular weight is 226 g/mol. The van der Waals surface area contributed by atoms with Gasteiger partial charge in [0.2, 0.25) is 0 Å². The highest BCUT2D eigenvalue weighted by atomic mass is 32.1. The van der Waals surface area contributed by atoms with Crippen LogP contribution in [0.4, 0.5) is 0 Å². The molecule has 76 valence electrons. The third kappa shape index (κ3) is 3.98. The summed E-state index contributed by atoms with van der Waals surface area (Å²) >= 11 is 3.36. The summed E-state index contributed by atoms with van der Waals surface area (Å²) in [4.78, 5) is 9.33. The van der Waals surface area contributed by atoms with Crippen LogP contribution >= 0.6 is 22.7 Å². The van der Waals surface area contributed by atoms with Gasteiger partial charge < -0.3 is 0 Å². The van der Waals surface area contributed by atoms with E-state index in [0.717, 1.165) is 12.8 Å². The second kappa shape index (κ2) is 6.68. The topological polar surface area (TPSA) is 25.8 Å². The van der Waals surface area contributed by atoms with Gasteiger partial charge in [-0.25, -0.2) is 4.98 Å². The van der Waals surface area contributed by atoms with Gasteiger partial charge in [0.1, 0.15) is 0 Å². The van der Waals surface area contributed by atoms with Gasteiger partial charge in [0.25, 0.3) is 0 Å². The Morgan fingerprint density at radius 3 is 2.36 bits per heavy atom. The maximum Gasteiger partial charge on any atom is 0.0794 e. The molecule has 0 unspecified atom stereocenters. The van der Waals surface area contributed by atoms with Crippen molar-refractivity contribution in [2.75, 3.05) is 0 Å². The van der Waals surface area contributed by atoms with Gasteiger partial charge in [-0.3, -0.25) is 4.98 Å². The summed E-state index contributed by atoms with van der Waals surface area (Å²) in [6.07, 6.45) is 4.08. The fourth-order valence-electron chi connectivity index (χ4n) is 0.829. The lowest BCUT2D eigenvalue weighted by atomic mass is 10.4.